The van der Waals surface area contributed by atoms with Gasteiger partial charge in [-0.1, -0.05) is 33.8 Å². The zero-order chi connectivity index (χ0) is 16.0. The average molecular weight is 291 g/mol. The lowest BCUT2D eigenvalue weighted by atomic mass is 9.85. The molecular formula is C18H29NO2. The van der Waals surface area contributed by atoms with Crippen molar-refractivity contribution in [1.29, 1.82) is 0 Å². The molecule has 118 valence electrons. The van der Waals surface area contributed by atoms with Gasteiger partial charge >= 0.3 is 0 Å². The van der Waals surface area contributed by atoms with E-state index in [0.29, 0.717) is 29.9 Å². The maximum atomic E-state index is 12.3. The van der Waals surface area contributed by atoms with Crippen LogP contribution < -0.4 is 10.1 Å². The molecule has 1 N–H and O–H groups in total. The molecule has 1 aromatic rings. The molecule has 0 atom stereocenters. The lowest BCUT2D eigenvalue weighted by Crippen LogP contribution is -2.33. The second-order valence-corrected chi connectivity index (χ2v) is 6.56. The third-order valence-corrected chi connectivity index (χ3v) is 3.68. The van der Waals surface area contributed by atoms with Gasteiger partial charge in [-0.25, -0.2) is 0 Å². The number of hydrogen-bond donors (Lipinski definition) is 1. The summed E-state index contributed by atoms with van der Waals surface area (Å²) in [6.45, 7) is 13.5. The highest BCUT2D eigenvalue weighted by Crippen LogP contribution is 2.20. The van der Waals surface area contributed by atoms with Gasteiger partial charge in [-0.15, -0.1) is 0 Å². The van der Waals surface area contributed by atoms with Crippen LogP contribution in [-0.4, -0.2) is 18.6 Å². The van der Waals surface area contributed by atoms with Crippen LogP contribution in [0.1, 0.15) is 51.9 Å². The Hall–Kier alpha value is -1.51. The van der Waals surface area contributed by atoms with Crippen molar-refractivity contribution in [2.75, 3.05) is 6.54 Å². The van der Waals surface area contributed by atoms with Crippen molar-refractivity contribution in [2.45, 2.75) is 47.6 Å². The van der Waals surface area contributed by atoms with Crippen LogP contribution in [0, 0.1) is 17.8 Å². The Morgan fingerprint density at radius 1 is 1.10 bits per heavy atom. The van der Waals surface area contributed by atoms with Crippen LogP contribution in [0.5, 0.6) is 5.75 Å². The minimum absolute atomic E-state index is 0.0319. The fourth-order valence-corrected chi connectivity index (χ4v) is 2.54. The molecule has 1 amide bonds. The van der Waals surface area contributed by atoms with Gasteiger partial charge in [-0.3, -0.25) is 4.79 Å². The highest BCUT2D eigenvalue weighted by molar-refractivity contribution is 5.94. The second kappa shape index (κ2) is 8.06. The zero-order valence-electron chi connectivity index (χ0n) is 14.1. The number of hydrogen-bond acceptors (Lipinski definition) is 2. The van der Waals surface area contributed by atoms with Crippen molar-refractivity contribution in [3.8, 4) is 5.75 Å². The van der Waals surface area contributed by atoms with E-state index in [1.165, 1.54) is 0 Å². The third-order valence-electron chi connectivity index (χ3n) is 3.68. The van der Waals surface area contributed by atoms with Gasteiger partial charge in [0.1, 0.15) is 5.75 Å². The summed E-state index contributed by atoms with van der Waals surface area (Å²) in [4.78, 5) is 12.3. The number of carbonyl (C=O) groups excluding carboxylic acids is 1. The van der Waals surface area contributed by atoms with E-state index in [4.69, 9.17) is 4.74 Å². The molecule has 0 aliphatic heterocycles. The molecule has 0 spiro atoms. The smallest absolute Gasteiger partial charge is 0.251 e. The molecule has 0 aromatic heterocycles. The summed E-state index contributed by atoms with van der Waals surface area (Å²) < 4.78 is 5.63. The molecule has 0 fully saturated rings. The summed E-state index contributed by atoms with van der Waals surface area (Å²) in [5.41, 5.74) is 0.652. The van der Waals surface area contributed by atoms with E-state index < -0.39 is 0 Å². The third kappa shape index (κ3) is 5.78. The van der Waals surface area contributed by atoms with E-state index in [1.807, 2.05) is 32.0 Å². The fraction of sp³-hybridized carbons (Fsp3) is 0.611. The normalized spacial score (nSPS) is 11.5. The van der Waals surface area contributed by atoms with Crippen molar-refractivity contribution in [3.05, 3.63) is 29.8 Å². The Morgan fingerprint density at radius 3 is 2.24 bits per heavy atom. The maximum Gasteiger partial charge on any atom is 0.251 e. The molecule has 0 bridgehead atoms. The SMILES string of the molecule is CC(C)Oc1cccc(C(=O)NCC(C(C)C)C(C)C)c1. The first-order chi connectivity index (χ1) is 9.81. The first kappa shape index (κ1) is 17.5. The van der Waals surface area contributed by atoms with Crippen LogP contribution in [0.2, 0.25) is 0 Å². The van der Waals surface area contributed by atoms with Gasteiger partial charge in [-0.2, -0.15) is 0 Å². The van der Waals surface area contributed by atoms with Crippen LogP contribution in [-0.2, 0) is 0 Å². The van der Waals surface area contributed by atoms with Gasteiger partial charge in [0, 0.05) is 12.1 Å². The number of nitrogens with one attached hydrogen (secondary N) is 1. The molecule has 0 heterocycles. The molecule has 0 radical (unpaired) electrons. The number of carbonyl (C=O) groups is 1. The van der Waals surface area contributed by atoms with Gasteiger partial charge in [-0.05, 0) is 49.8 Å². The predicted octanol–water partition coefficient (Wildman–Crippen LogP) is 4.13. The minimum atomic E-state index is -0.0319. The van der Waals surface area contributed by atoms with Crippen LogP contribution in [0.3, 0.4) is 0 Å². The van der Waals surface area contributed by atoms with Gasteiger partial charge in [0.25, 0.3) is 5.91 Å². The van der Waals surface area contributed by atoms with E-state index in [2.05, 4.69) is 33.0 Å². The number of amides is 1. The fourth-order valence-electron chi connectivity index (χ4n) is 2.54. The molecule has 3 nitrogen and oxygen atoms in total. The van der Waals surface area contributed by atoms with E-state index in [-0.39, 0.29) is 12.0 Å². The monoisotopic (exact) mass is 291 g/mol. The van der Waals surface area contributed by atoms with Crippen molar-refractivity contribution >= 4 is 5.91 Å². The summed E-state index contributed by atoms with van der Waals surface area (Å²) in [5.74, 6) is 2.31. The van der Waals surface area contributed by atoms with E-state index in [9.17, 15) is 4.79 Å². The number of ether oxygens (including phenoxy) is 1. The molecular weight excluding hydrogens is 262 g/mol. The van der Waals surface area contributed by atoms with Crippen LogP contribution in [0.25, 0.3) is 0 Å². The molecule has 0 saturated heterocycles. The van der Waals surface area contributed by atoms with Crippen molar-refractivity contribution in [3.63, 3.8) is 0 Å². The highest BCUT2D eigenvalue weighted by Gasteiger charge is 2.18. The summed E-state index contributed by atoms with van der Waals surface area (Å²) in [6.07, 6.45) is 0.106. The van der Waals surface area contributed by atoms with Crippen molar-refractivity contribution in [2.24, 2.45) is 17.8 Å². The Labute approximate surface area is 129 Å². The van der Waals surface area contributed by atoms with Gasteiger partial charge < -0.3 is 10.1 Å². The summed E-state index contributed by atoms with van der Waals surface area (Å²) in [7, 11) is 0. The summed E-state index contributed by atoms with van der Waals surface area (Å²) in [6, 6.07) is 7.36. The number of benzene rings is 1. The van der Waals surface area contributed by atoms with Crippen LogP contribution >= 0.6 is 0 Å². The first-order valence-corrected chi connectivity index (χ1v) is 7.86. The van der Waals surface area contributed by atoms with Gasteiger partial charge in [0.15, 0.2) is 0 Å². The van der Waals surface area contributed by atoms with Crippen LogP contribution in [0.4, 0.5) is 0 Å². The molecule has 1 aromatic carbocycles. The molecule has 3 heteroatoms. The molecule has 21 heavy (non-hydrogen) atoms. The Morgan fingerprint density at radius 2 is 1.71 bits per heavy atom. The molecule has 0 saturated carbocycles. The topological polar surface area (TPSA) is 38.3 Å². The standard InChI is InChI=1S/C18H29NO2/c1-12(2)17(13(3)4)11-19-18(20)15-8-7-9-16(10-15)21-14(5)6/h7-10,12-14,17H,11H2,1-6H3,(H,19,20). The summed E-state index contributed by atoms with van der Waals surface area (Å²) >= 11 is 0. The molecule has 1 rings (SSSR count). The van der Waals surface area contributed by atoms with Crippen LogP contribution in [0.15, 0.2) is 24.3 Å². The maximum absolute atomic E-state index is 12.3. The quantitative estimate of drug-likeness (QED) is 0.820. The second-order valence-electron chi connectivity index (χ2n) is 6.56. The Balaban J connectivity index is 2.67. The van der Waals surface area contributed by atoms with Crippen molar-refractivity contribution in [1.82, 2.24) is 5.32 Å². The van der Waals surface area contributed by atoms with E-state index in [0.717, 1.165) is 5.75 Å². The molecule has 0 aliphatic carbocycles. The molecule has 0 unspecified atom stereocenters. The Bertz CT molecular complexity index is 444. The first-order valence-electron chi connectivity index (χ1n) is 7.86. The summed E-state index contributed by atoms with van der Waals surface area (Å²) in [5, 5.41) is 3.05. The Kier molecular flexibility index (Phi) is 6.73. The predicted molar refractivity (Wildman–Crippen MR) is 87.7 cm³/mol. The largest absolute Gasteiger partial charge is 0.491 e. The number of rotatable bonds is 7. The molecule has 0 aliphatic rings. The average Bonchev–Trinajstić information content (AvgIpc) is 2.37. The minimum Gasteiger partial charge on any atom is -0.491 e. The van der Waals surface area contributed by atoms with Crippen molar-refractivity contribution < 1.29 is 9.53 Å². The van der Waals surface area contributed by atoms with E-state index in [1.54, 1.807) is 6.07 Å². The zero-order valence-corrected chi connectivity index (χ0v) is 14.1. The van der Waals surface area contributed by atoms with E-state index >= 15 is 0 Å². The lowest BCUT2D eigenvalue weighted by Gasteiger charge is -2.25. The lowest BCUT2D eigenvalue weighted by molar-refractivity contribution is 0.0936. The van der Waals surface area contributed by atoms with Gasteiger partial charge in [0.2, 0.25) is 0 Å². The highest BCUT2D eigenvalue weighted by atomic mass is 16.5. The van der Waals surface area contributed by atoms with Gasteiger partial charge in [0.05, 0.1) is 6.10 Å².